The lowest BCUT2D eigenvalue weighted by Crippen LogP contribution is -2.46. The Hall–Kier alpha value is -4.32. The van der Waals surface area contributed by atoms with Crippen molar-refractivity contribution in [1.29, 1.82) is 0 Å². The first kappa shape index (κ1) is 25.9. The molecule has 0 radical (unpaired) electrons. The van der Waals surface area contributed by atoms with Crippen LogP contribution in [0.25, 0.3) is 22.6 Å². The molecule has 2 aliphatic rings. The summed E-state index contributed by atoms with van der Waals surface area (Å²) < 4.78 is 45.4. The number of pyridine rings is 1. The monoisotopic (exact) mass is 551 g/mol. The third-order valence-corrected chi connectivity index (χ3v) is 7.67. The van der Waals surface area contributed by atoms with Gasteiger partial charge in [0.2, 0.25) is 0 Å². The zero-order valence-corrected chi connectivity index (χ0v) is 21.9. The molecule has 6 rings (SSSR count). The predicted molar refractivity (Wildman–Crippen MR) is 138 cm³/mol. The van der Waals surface area contributed by atoms with E-state index in [1.54, 1.807) is 10.6 Å². The van der Waals surface area contributed by atoms with Crippen molar-refractivity contribution >= 4 is 17.7 Å². The summed E-state index contributed by atoms with van der Waals surface area (Å²) in [5, 5.41) is 9.55. The molecule has 1 aliphatic heterocycles. The standard InChI is InChI=1S/C28H27F2N5O5/c1-16-3-6-35-21(12-18-13-33(7-8-40-18)27(38)39-2)25(32-23(35)9-16)24-19(29)10-17(11-20(24)30)34-14-22(31-15-34)28(4-5-28)26(36)37/h3,6,9-11,14-15,18H,4-5,7-8,12-13H2,1-2H3,(H,36,37)/t18-/m0/s1. The molecule has 0 spiro atoms. The second-order valence-electron chi connectivity index (χ2n) is 10.3. The fourth-order valence-corrected chi connectivity index (χ4v) is 5.30. The van der Waals surface area contributed by atoms with E-state index in [0.717, 1.165) is 5.56 Å². The normalized spacial score (nSPS) is 18.2. The molecule has 0 bridgehead atoms. The molecule has 10 nitrogen and oxygen atoms in total. The summed E-state index contributed by atoms with van der Waals surface area (Å²) in [5.41, 5.74) is 1.35. The van der Waals surface area contributed by atoms with Gasteiger partial charge in [0.05, 0.1) is 61.0 Å². The third-order valence-electron chi connectivity index (χ3n) is 7.67. The number of rotatable bonds is 6. The number of carboxylic acid groups (broad SMARTS) is 1. The quantitative estimate of drug-likeness (QED) is 0.387. The van der Waals surface area contributed by atoms with Crippen LogP contribution in [0.15, 0.2) is 43.0 Å². The summed E-state index contributed by atoms with van der Waals surface area (Å²) in [7, 11) is 1.31. The number of fused-ring (bicyclic) bond motifs is 1. The van der Waals surface area contributed by atoms with Gasteiger partial charge in [-0.3, -0.25) is 4.79 Å². The molecule has 1 aromatic carbocycles. The molecule has 1 amide bonds. The zero-order chi connectivity index (χ0) is 28.2. The number of morpholine rings is 1. The Kier molecular flexibility index (Phi) is 6.29. The molecule has 2 fully saturated rings. The fourth-order valence-electron chi connectivity index (χ4n) is 5.30. The summed E-state index contributed by atoms with van der Waals surface area (Å²) in [5.74, 6) is -2.62. The van der Waals surface area contributed by atoms with Gasteiger partial charge in [-0.2, -0.15) is 0 Å². The van der Waals surface area contributed by atoms with Gasteiger partial charge >= 0.3 is 12.1 Å². The van der Waals surface area contributed by atoms with Gasteiger partial charge in [0, 0.05) is 25.4 Å². The number of aryl methyl sites for hydroxylation is 1. The van der Waals surface area contributed by atoms with Crippen LogP contribution in [0.3, 0.4) is 0 Å². The van der Waals surface area contributed by atoms with Crippen LogP contribution in [0.4, 0.5) is 13.6 Å². The average Bonchev–Trinajstić information content (AvgIpc) is 3.48. The molecule has 1 aliphatic carbocycles. The van der Waals surface area contributed by atoms with Crippen LogP contribution < -0.4 is 0 Å². The lowest BCUT2D eigenvalue weighted by Gasteiger charge is -2.32. The van der Waals surface area contributed by atoms with Crippen LogP contribution in [0.5, 0.6) is 0 Å². The Labute approximate surface area is 227 Å². The molecule has 208 valence electrons. The van der Waals surface area contributed by atoms with E-state index in [9.17, 15) is 14.7 Å². The van der Waals surface area contributed by atoms with E-state index in [1.807, 2.05) is 19.1 Å². The summed E-state index contributed by atoms with van der Waals surface area (Å²) in [6.45, 7) is 2.85. The number of carbonyl (C=O) groups is 2. The van der Waals surface area contributed by atoms with E-state index < -0.39 is 35.2 Å². The number of imidazole rings is 2. The van der Waals surface area contributed by atoms with Crippen LogP contribution >= 0.6 is 0 Å². The summed E-state index contributed by atoms with van der Waals surface area (Å²) >= 11 is 0. The topological polar surface area (TPSA) is 111 Å². The highest BCUT2D eigenvalue weighted by atomic mass is 19.1. The van der Waals surface area contributed by atoms with Gasteiger partial charge < -0.3 is 28.4 Å². The maximum atomic E-state index is 15.7. The highest BCUT2D eigenvalue weighted by molar-refractivity contribution is 5.84. The van der Waals surface area contributed by atoms with Crippen molar-refractivity contribution in [2.24, 2.45) is 0 Å². The Bertz CT molecular complexity index is 1620. The van der Waals surface area contributed by atoms with Crippen molar-refractivity contribution < 1.29 is 33.0 Å². The number of nitrogens with zero attached hydrogens (tertiary/aromatic N) is 5. The minimum absolute atomic E-state index is 0.139. The first-order chi connectivity index (χ1) is 19.2. The molecule has 1 saturated heterocycles. The van der Waals surface area contributed by atoms with Gasteiger partial charge in [0.1, 0.15) is 22.7 Å². The number of amides is 1. The molecule has 12 heteroatoms. The maximum Gasteiger partial charge on any atom is 0.409 e. The minimum Gasteiger partial charge on any atom is -0.481 e. The van der Waals surface area contributed by atoms with E-state index in [-0.39, 0.29) is 29.9 Å². The lowest BCUT2D eigenvalue weighted by atomic mass is 10.0. The number of hydrogen-bond donors (Lipinski definition) is 1. The molecule has 0 unspecified atom stereocenters. The number of carboxylic acids is 1. The fraction of sp³-hybridized carbons (Fsp3) is 0.357. The molecule has 3 aromatic heterocycles. The molecule has 4 aromatic rings. The van der Waals surface area contributed by atoms with Crippen molar-refractivity contribution in [1.82, 2.24) is 23.8 Å². The number of hydrogen-bond acceptors (Lipinski definition) is 6. The lowest BCUT2D eigenvalue weighted by molar-refractivity contribution is -0.140. The van der Waals surface area contributed by atoms with Crippen molar-refractivity contribution in [3.63, 3.8) is 0 Å². The van der Waals surface area contributed by atoms with E-state index in [2.05, 4.69) is 9.97 Å². The van der Waals surface area contributed by atoms with Crippen molar-refractivity contribution in [2.45, 2.75) is 37.7 Å². The molecular formula is C28H27F2N5O5. The first-order valence-electron chi connectivity index (χ1n) is 12.9. The molecule has 40 heavy (non-hydrogen) atoms. The van der Waals surface area contributed by atoms with E-state index >= 15 is 8.78 Å². The molecule has 4 heterocycles. The number of methoxy groups -OCH3 is 1. The van der Waals surface area contributed by atoms with E-state index in [1.165, 1.54) is 41.2 Å². The van der Waals surface area contributed by atoms with Crippen LogP contribution in [0.1, 0.15) is 29.8 Å². The van der Waals surface area contributed by atoms with Crippen molar-refractivity contribution in [3.8, 4) is 16.9 Å². The Balaban J connectivity index is 1.38. The van der Waals surface area contributed by atoms with Crippen LogP contribution in [-0.4, -0.2) is 73.9 Å². The smallest absolute Gasteiger partial charge is 0.409 e. The second kappa shape index (κ2) is 9.70. The number of aliphatic carboxylic acids is 1. The Morgan fingerprint density at radius 1 is 1.23 bits per heavy atom. The summed E-state index contributed by atoms with van der Waals surface area (Å²) in [4.78, 5) is 34.1. The van der Waals surface area contributed by atoms with Gasteiger partial charge in [0.15, 0.2) is 0 Å². The van der Waals surface area contributed by atoms with Gasteiger partial charge in [-0.05, 0) is 49.6 Å². The number of carbonyl (C=O) groups excluding carboxylic acids is 1. The van der Waals surface area contributed by atoms with Crippen LogP contribution in [0, 0.1) is 18.6 Å². The van der Waals surface area contributed by atoms with Gasteiger partial charge in [-0.15, -0.1) is 0 Å². The minimum atomic E-state index is -1.03. The number of benzene rings is 1. The second-order valence-corrected chi connectivity index (χ2v) is 10.3. The number of halogens is 2. The third kappa shape index (κ3) is 4.37. The largest absolute Gasteiger partial charge is 0.481 e. The average molecular weight is 552 g/mol. The van der Waals surface area contributed by atoms with E-state index in [0.29, 0.717) is 43.0 Å². The predicted octanol–water partition coefficient (Wildman–Crippen LogP) is 3.90. The van der Waals surface area contributed by atoms with Gasteiger partial charge in [-0.25, -0.2) is 23.5 Å². The van der Waals surface area contributed by atoms with Crippen LogP contribution in [0.2, 0.25) is 0 Å². The Morgan fingerprint density at radius 3 is 2.65 bits per heavy atom. The summed E-state index contributed by atoms with van der Waals surface area (Å²) in [6.07, 6.45) is 4.94. The SMILES string of the molecule is COC(=O)N1CCO[C@@H](Cc2c(-c3c(F)cc(-n4cnc(C5(C(=O)O)CC5)c4)cc3F)nc3cc(C)ccn23)C1. The molecule has 1 N–H and O–H groups in total. The highest BCUT2D eigenvalue weighted by Gasteiger charge is 2.53. The van der Waals surface area contributed by atoms with Gasteiger partial charge in [0.25, 0.3) is 0 Å². The summed E-state index contributed by atoms with van der Waals surface area (Å²) in [6, 6.07) is 6.06. The Morgan fingerprint density at radius 2 is 1.98 bits per heavy atom. The molecular weight excluding hydrogens is 524 g/mol. The van der Waals surface area contributed by atoms with Crippen molar-refractivity contribution in [2.75, 3.05) is 26.8 Å². The first-order valence-corrected chi connectivity index (χ1v) is 12.9. The number of ether oxygens (including phenoxy) is 2. The van der Waals surface area contributed by atoms with Crippen LogP contribution in [-0.2, 0) is 26.1 Å². The van der Waals surface area contributed by atoms with Gasteiger partial charge in [-0.1, -0.05) is 0 Å². The molecule has 1 saturated carbocycles. The van der Waals surface area contributed by atoms with Crippen molar-refractivity contribution in [3.05, 3.63) is 71.6 Å². The molecule has 1 atom stereocenters. The number of aromatic nitrogens is 4. The van der Waals surface area contributed by atoms with E-state index in [4.69, 9.17) is 9.47 Å². The highest BCUT2D eigenvalue weighted by Crippen LogP contribution is 2.47. The zero-order valence-electron chi connectivity index (χ0n) is 21.9. The maximum absolute atomic E-state index is 15.7.